The Morgan fingerprint density at radius 3 is 3.21 bits per heavy atom. The van der Waals surface area contributed by atoms with Gasteiger partial charge in [0, 0.05) is 18.0 Å². The predicted molar refractivity (Wildman–Crippen MR) is 74.9 cm³/mol. The molecule has 1 fully saturated rings. The average molecular weight is 259 g/mol. The summed E-state index contributed by atoms with van der Waals surface area (Å²) in [6, 6.07) is 6.46. The molecule has 102 valence electrons. The molecule has 0 saturated carbocycles. The van der Waals surface area contributed by atoms with E-state index in [1.54, 1.807) is 0 Å². The zero-order valence-electron chi connectivity index (χ0n) is 11.5. The van der Waals surface area contributed by atoms with Gasteiger partial charge in [-0.2, -0.15) is 0 Å². The fourth-order valence-corrected chi connectivity index (χ4v) is 3.20. The van der Waals surface area contributed by atoms with Crippen LogP contribution in [-0.2, 0) is 6.42 Å². The highest BCUT2D eigenvalue weighted by Gasteiger charge is 2.25. The maximum atomic E-state index is 12.4. The molecule has 0 spiro atoms. The fraction of sp³-hybridized carbons (Fsp3) is 0.562. The largest absolute Gasteiger partial charge is 0.493 e. The van der Waals surface area contributed by atoms with Crippen LogP contribution < -0.4 is 4.74 Å². The zero-order chi connectivity index (χ0) is 13.2. The lowest BCUT2D eigenvalue weighted by atomic mass is 10.0. The molecule has 1 saturated heterocycles. The van der Waals surface area contributed by atoms with Gasteiger partial charge >= 0.3 is 0 Å². The van der Waals surface area contributed by atoms with E-state index in [0.29, 0.717) is 12.6 Å². The summed E-state index contributed by atoms with van der Waals surface area (Å²) in [4.78, 5) is 14.7. The first kappa shape index (κ1) is 12.7. The Morgan fingerprint density at radius 2 is 2.37 bits per heavy atom. The fourth-order valence-electron chi connectivity index (χ4n) is 3.20. The number of ketones is 1. The molecule has 1 aromatic rings. The number of likely N-dealkylation sites (tertiary alicyclic amines) is 1. The van der Waals surface area contributed by atoms with Crippen LogP contribution in [0.1, 0.15) is 42.1 Å². The maximum absolute atomic E-state index is 12.4. The van der Waals surface area contributed by atoms with Crippen molar-refractivity contribution in [2.24, 2.45) is 0 Å². The second kappa shape index (κ2) is 5.33. The number of Topliss-reactive ketones (excluding diaryl/α,β-unsaturated/α-hetero) is 1. The first-order chi connectivity index (χ1) is 9.28. The van der Waals surface area contributed by atoms with Crippen LogP contribution in [0.15, 0.2) is 18.2 Å². The van der Waals surface area contributed by atoms with Gasteiger partial charge in [0.15, 0.2) is 5.78 Å². The summed E-state index contributed by atoms with van der Waals surface area (Å²) in [5.74, 6) is 1.19. The van der Waals surface area contributed by atoms with Crippen LogP contribution in [0.25, 0.3) is 0 Å². The summed E-state index contributed by atoms with van der Waals surface area (Å²) in [5, 5.41) is 0. The molecule has 2 aliphatic rings. The Morgan fingerprint density at radius 1 is 1.47 bits per heavy atom. The van der Waals surface area contributed by atoms with Gasteiger partial charge in [0.1, 0.15) is 5.75 Å². The summed E-state index contributed by atoms with van der Waals surface area (Å²) in [7, 11) is 0. The molecule has 0 radical (unpaired) electrons. The number of carbonyl (C=O) groups excluding carboxylic acids is 1. The van der Waals surface area contributed by atoms with Gasteiger partial charge in [-0.25, -0.2) is 0 Å². The summed E-state index contributed by atoms with van der Waals surface area (Å²) in [5.41, 5.74) is 2.02. The van der Waals surface area contributed by atoms with Crippen molar-refractivity contribution in [1.82, 2.24) is 4.90 Å². The minimum Gasteiger partial charge on any atom is -0.493 e. The van der Waals surface area contributed by atoms with Crippen LogP contribution in [0, 0.1) is 0 Å². The number of fused-ring (bicyclic) bond motifs is 1. The lowest BCUT2D eigenvalue weighted by molar-refractivity contribution is 0.0920. The highest BCUT2D eigenvalue weighted by Crippen LogP contribution is 2.26. The van der Waals surface area contributed by atoms with Crippen molar-refractivity contribution in [3.8, 4) is 5.75 Å². The Bertz CT molecular complexity index is 484. The zero-order valence-corrected chi connectivity index (χ0v) is 11.5. The number of hydrogen-bond donors (Lipinski definition) is 0. The minimum absolute atomic E-state index is 0.245. The molecule has 2 aliphatic heterocycles. The van der Waals surface area contributed by atoms with Crippen LogP contribution in [0.2, 0.25) is 0 Å². The van der Waals surface area contributed by atoms with E-state index in [-0.39, 0.29) is 5.78 Å². The Balaban J connectivity index is 1.70. The molecular weight excluding hydrogens is 238 g/mol. The van der Waals surface area contributed by atoms with E-state index in [1.807, 2.05) is 18.2 Å². The van der Waals surface area contributed by atoms with Gasteiger partial charge < -0.3 is 4.74 Å². The van der Waals surface area contributed by atoms with Crippen molar-refractivity contribution in [3.63, 3.8) is 0 Å². The Hall–Kier alpha value is -1.35. The molecule has 0 aromatic heterocycles. The molecule has 3 nitrogen and oxygen atoms in total. The van der Waals surface area contributed by atoms with Crippen molar-refractivity contribution in [2.45, 2.75) is 38.6 Å². The summed E-state index contributed by atoms with van der Waals surface area (Å²) in [6.45, 7) is 4.59. The van der Waals surface area contributed by atoms with Crippen molar-refractivity contribution in [3.05, 3.63) is 29.3 Å². The first-order valence-electron chi connectivity index (χ1n) is 7.31. The van der Waals surface area contributed by atoms with Crippen molar-refractivity contribution < 1.29 is 9.53 Å². The number of ether oxygens (including phenoxy) is 1. The van der Waals surface area contributed by atoms with Crippen molar-refractivity contribution >= 4 is 5.78 Å². The van der Waals surface area contributed by atoms with Crippen LogP contribution >= 0.6 is 0 Å². The minimum atomic E-state index is 0.245. The van der Waals surface area contributed by atoms with Gasteiger partial charge in [0.25, 0.3) is 0 Å². The van der Waals surface area contributed by atoms with Crippen molar-refractivity contribution in [2.75, 3.05) is 19.7 Å². The lowest BCUT2D eigenvalue weighted by Crippen LogP contribution is -2.33. The van der Waals surface area contributed by atoms with Gasteiger partial charge in [-0.15, -0.1) is 0 Å². The Kier molecular flexibility index (Phi) is 3.56. The number of benzene rings is 1. The number of rotatable bonds is 4. The molecule has 19 heavy (non-hydrogen) atoms. The van der Waals surface area contributed by atoms with E-state index >= 15 is 0 Å². The third-order valence-corrected chi connectivity index (χ3v) is 4.33. The molecule has 3 heteroatoms. The molecule has 1 unspecified atom stereocenters. The molecule has 0 bridgehead atoms. The molecule has 0 N–H and O–H groups in total. The van der Waals surface area contributed by atoms with Gasteiger partial charge in [-0.1, -0.05) is 6.92 Å². The number of hydrogen-bond acceptors (Lipinski definition) is 3. The SMILES string of the molecule is CCC1CCCN1CC(=O)c1ccc2c(c1)CCO2. The topological polar surface area (TPSA) is 29.5 Å². The summed E-state index contributed by atoms with van der Waals surface area (Å²) < 4.78 is 5.48. The predicted octanol–water partition coefficient (Wildman–Crippen LogP) is 2.68. The van der Waals surface area contributed by atoms with Gasteiger partial charge in [-0.05, 0) is 49.6 Å². The van der Waals surface area contributed by atoms with E-state index in [1.165, 1.54) is 18.4 Å². The highest BCUT2D eigenvalue weighted by molar-refractivity contribution is 5.98. The van der Waals surface area contributed by atoms with Crippen LogP contribution in [-0.4, -0.2) is 36.4 Å². The number of carbonyl (C=O) groups is 1. The normalized spacial score (nSPS) is 22.3. The lowest BCUT2D eigenvalue weighted by Gasteiger charge is -2.22. The average Bonchev–Trinajstić information content (AvgIpc) is 3.05. The van der Waals surface area contributed by atoms with Crippen LogP contribution in [0.3, 0.4) is 0 Å². The molecule has 3 rings (SSSR count). The maximum Gasteiger partial charge on any atom is 0.176 e. The van der Waals surface area contributed by atoms with Crippen molar-refractivity contribution in [1.29, 1.82) is 0 Å². The molecule has 2 heterocycles. The van der Waals surface area contributed by atoms with Crippen LogP contribution in [0.4, 0.5) is 0 Å². The molecule has 0 aliphatic carbocycles. The monoisotopic (exact) mass is 259 g/mol. The third kappa shape index (κ3) is 2.52. The van der Waals surface area contributed by atoms with Gasteiger partial charge in [0.2, 0.25) is 0 Å². The molecule has 0 amide bonds. The van der Waals surface area contributed by atoms with E-state index in [2.05, 4.69) is 11.8 Å². The standard InChI is InChI=1S/C16H21NO2/c1-2-14-4-3-8-17(14)11-15(18)12-5-6-16-13(10-12)7-9-19-16/h5-6,10,14H,2-4,7-9,11H2,1H3. The molecule has 1 aromatic carbocycles. The van der Waals surface area contributed by atoms with E-state index in [9.17, 15) is 4.79 Å². The molecule has 1 atom stereocenters. The summed E-state index contributed by atoms with van der Waals surface area (Å²) in [6.07, 6.45) is 4.54. The van der Waals surface area contributed by atoms with E-state index in [4.69, 9.17) is 4.74 Å². The Labute approximate surface area is 114 Å². The van der Waals surface area contributed by atoms with E-state index in [0.717, 1.165) is 37.3 Å². The van der Waals surface area contributed by atoms with E-state index < -0.39 is 0 Å². The van der Waals surface area contributed by atoms with Gasteiger partial charge in [0.05, 0.1) is 13.2 Å². The number of nitrogens with zero attached hydrogens (tertiary/aromatic N) is 1. The second-order valence-corrected chi connectivity index (χ2v) is 5.52. The summed E-state index contributed by atoms with van der Waals surface area (Å²) >= 11 is 0. The smallest absolute Gasteiger partial charge is 0.176 e. The first-order valence-corrected chi connectivity index (χ1v) is 7.31. The second-order valence-electron chi connectivity index (χ2n) is 5.52. The third-order valence-electron chi connectivity index (χ3n) is 4.33. The highest BCUT2D eigenvalue weighted by atomic mass is 16.5. The molecular formula is C16H21NO2. The van der Waals surface area contributed by atoms with Crippen LogP contribution in [0.5, 0.6) is 5.75 Å². The quantitative estimate of drug-likeness (QED) is 0.779. The van der Waals surface area contributed by atoms with Gasteiger partial charge in [-0.3, -0.25) is 9.69 Å².